The quantitative estimate of drug-likeness (QED) is 0.430. The zero-order chi connectivity index (χ0) is 22.1. The molecule has 0 saturated heterocycles. The van der Waals surface area contributed by atoms with Crippen LogP contribution >= 0.6 is 0 Å². The van der Waals surface area contributed by atoms with Crippen molar-refractivity contribution >= 4 is 23.3 Å². The van der Waals surface area contributed by atoms with E-state index in [0.29, 0.717) is 5.56 Å². The number of amides is 1. The smallest absolute Gasteiger partial charge is 0.240 e. The minimum absolute atomic E-state index is 0.0143. The molecule has 0 radical (unpaired) electrons. The number of halogens is 2. The molecule has 0 saturated carbocycles. The minimum atomic E-state index is -1.11. The summed E-state index contributed by atoms with van der Waals surface area (Å²) in [4.78, 5) is 28.6. The number of aromatic nitrogens is 5. The number of fused-ring (bicyclic) bond motifs is 1. The van der Waals surface area contributed by atoms with Crippen LogP contribution in [0.25, 0.3) is 16.9 Å². The van der Waals surface area contributed by atoms with Gasteiger partial charge < -0.3 is 21.2 Å². The number of imidazole rings is 1. The van der Waals surface area contributed by atoms with Crippen molar-refractivity contribution in [2.24, 2.45) is 5.73 Å². The molecule has 11 heteroatoms. The van der Waals surface area contributed by atoms with Gasteiger partial charge in [0.15, 0.2) is 17.5 Å². The van der Waals surface area contributed by atoms with Crippen molar-refractivity contribution in [3.63, 3.8) is 0 Å². The number of benzene rings is 1. The maximum atomic E-state index is 14.0. The number of carbonyl (C=O) groups excluding carboxylic acids is 1. The van der Waals surface area contributed by atoms with Crippen LogP contribution in [0, 0.1) is 18.6 Å². The molecule has 4 rings (SSSR count). The first-order valence-corrected chi connectivity index (χ1v) is 9.26. The highest BCUT2D eigenvalue weighted by Gasteiger charge is 2.21. The predicted octanol–water partition coefficient (Wildman–Crippen LogP) is 1.86. The molecule has 4 aromatic rings. The topological polar surface area (TPSA) is 137 Å². The van der Waals surface area contributed by atoms with Gasteiger partial charge in [0.2, 0.25) is 17.8 Å². The van der Waals surface area contributed by atoms with Crippen LogP contribution in [0.3, 0.4) is 0 Å². The van der Waals surface area contributed by atoms with Crippen molar-refractivity contribution in [2.45, 2.75) is 19.4 Å². The highest BCUT2D eigenvalue weighted by Crippen LogP contribution is 2.20. The van der Waals surface area contributed by atoms with E-state index < -0.39 is 23.6 Å². The summed E-state index contributed by atoms with van der Waals surface area (Å²) in [7, 11) is 0. The molecule has 0 fully saturated rings. The second-order valence-corrected chi connectivity index (χ2v) is 6.88. The summed E-state index contributed by atoms with van der Waals surface area (Å²) in [6.07, 6.45) is 3.32. The van der Waals surface area contributed by atoms with Crippen LogP contribution in [0.2, 0.25) is 0 Å². The average Bonchev–Trinajstić information content (AvgIpc) is 3.10. The Labute approximate surface area is 175 Å². The SMILES string of the molecule is Cc1ncc2ccc(-c3nc(N)nc(N[C@@H](Cc4cccc(F)c4F)C(N)=O)n3)cn12. The maximum Gasteiger partial charge on any atom is 0.240 e. The molecule has 1 atom stereocenters. The molecule has 0 spiro atoms. The fraction of sp³-hybridized carbons (Fsp3) is 0.150. The van der Waals surface area contributed by atoms with Crippen molar-refractivity contribution in [2.75, 3.05) is 11.1 Å². The number of hydrogen-bond donors (Lipinski definition) is 3. The van der Waals surface area contributed by atoms with Gasteiger partial charge in [-0.15, -0.1) is 0 Å². The van der Waals surface area contributed by atoms with Gasteiger partial charge in [-0.2, -0.15) is 15.0 Å². The summed E-state index contributed by atoms with van der Waals surface area (Å²) in [5, 5.41) is 2.74. The Hall–Kier alpha value is -4.15. The number of aryl methyl sites for hydroxylation is 1. The van der Waals surface area contributed by atoms with E-state index >= 15 is 0 Å². The molecule has 5 N–H and O–H groups in total. The van der Waals surface area contributed by atoms with Crippen LogP contribution in [-0.4, -0.2) is 36.3 Å². The molecule has 1 amide bonds. The Balaban J connectivity index is 1.65. The van der Waals surface area contributed by atoms with Crippen molar-refractivity contribution in [1.29, 1.82) is 0 Å². The van der Waals surface area contributed by atoms with Crippen molar-refractivity contribution < 1.29 is 13.6 Å². The van der Waals surface area contributed by atoms with E-state index in [9.17, 15) is 13.6 Å². The van der Waals surface area contributed by atoms with Gasteiger partial charge in [-0.3, -0.25) is 4.79 Å². The van der Waals surface area contributed by atoms with Crippen LogP contribution in [0.15, 0.2) is 42.7 Å². The molecule has 9 nitrogen and oxygen atoms in total. The first-order chi connectivity index (χ1) is 14.8. The third-order valence-corrected chi connectivity index (χ3v) is 4.73. The fourth-order valence-electron chi connectivity index (χ4n) is 3.14. The second-order valence-electron chi connectivity index (χ2n) is 6.88. The summed E-state index contributed by atoms with van der Waals surface area (Å²) in [5.41, 5.74) is 12.8. The molecule has 31 heavy (non-hydrogen) atoms. The standard InChI is InChI=1S/C20H18F2N8O/c1-10-25-8-13-6-5-12(9-30(10)13)18-27-19(24)29-20(28-18)26-15(17(23)31)7-11-3-2-4-14(21)16(11)22/h2-6,8-9,15H,7H2,1H3,(H2,23,31)(H3,24,26,27,28,29)/t15-/m0/s1. The third kappa shape index (κ3) is 4.10. The Kier molecular flexibility index (Phi) is 5.15. The molecule has 3 aromatic heterocycles. The van der Waals surface area contributed by atoms with Crippen molar-refractivity contribution in [3.05, 3.63) is 65.7 Å². The highest BCUT2D eigenvalue weighted by molar-refractivity contribution is 5.83. The van der Waals surface area contributed by atoms with Gasteiger partial charge in [0, 0.05) is 18.2 Å². The van der Waals surface area contributed by atoms with Crippen LogP contribution in [0.5, 0.6) is 0 Å². The second kappa shape index (κ2) is 7.94. The molecule has 3 heterocycles. The monoisotopic (exact) mass is 424 g/mol. The van der Waals surface area contributed by atoms with Gasteiger partial charge in [-0.25, -0.2) is 13.8 Å². The first-order valence-electron chi connectivity index (χ1n) is 9.26. The minimum Gasteiger partial charge on any atom is -0.368 e. The molecule has 0 unspecified atom stereocenters. The summed E-state index contributed by atoms with van der Waals surface area (Å²) < 4.78 is 29.4. The summed E-state index contributed by atoms with van der Waals surface area (Å²) in [5.74, 6) is -1.93. The predicted molar refractivity (Wildman–Crippen MR) is 110 cm³/mol. The molecule has 0 bridgehead atoms. The number of primary amides is 1. The number of nitrogens with one attached hydrogen (secondary N) is 1. The average molecular weight is 424 g/mol. The molecular weight excluding hydrogens is 406 g/mol. The van der Waals surface area contributed by atoms with Gasteiger partial charge >= 0.3 is 0 Å². The van der Waals surface area contributed by atoms with Gasteiger partial charge in [-0.05, 0) is 30.7 Å². The Morgan fingerprint density at radius 1 is 1.19 bits per heavy atom. The number of rotatable bonds is 6. The number of hydrogen-bond acceptors (Lipinski definition) is 7. The Morgan fingerprint density at radius 3 is 2.77 bits per heavy atom. The first kappa shape index (κ1) is 20.1. The highest BCUT2D eigenvalue weighted by atomic mass is 19.2. The van der Waals surface area contributed by atoms with Crippen LogP contribution in [0.4, 0.5) is 20.7 Å². The van der Waals surface area contributed by atoms with E-state index in [-0.39, 0.29) is 29.7 Å². The number of anilines is 2. The molecule has 0 aliphatic carbocycles. The van der Waals surface area contributed by atoms with Crippen LogP contribution in [0.1, 0.15) is 11.4 Å². The lowest BCUT2D eigenvalue weighted by Gasteiger charge is -2.16. The third-order valence-electron chi connectivity index (χ3n) is 4.73. The van der Waals surface area contributed by atoms with Gasteiger partial charge in [-0.1, -0.05) is 12.1 Å². The van der Waals surface area contributed by atoms with Gasteiger partial charge in [0.05, 0.1) is 11.7 Å². The Bertz CT molecular complexity index is 1290. The van der Waals surface area contributed by atoms with Gasteiger partial charge in [0.25, 0.3) is 0 Å². The molecule has 1 aromatic carbocycles. The molecule has 0 aliphatic heterocycles. The van der Waals surface area contributed by atoms with Crippen molar-refractivity contribution in [1.82, 2.24) is 24.3 Å². The van der Waals surface area contributed by atoms with Crippen molar-refractivity contribution in [3.8, 4) is 11.4 Å². The summed E-state index contributed by atoms with van der Waals surface area (Å²) in [6.45, 7) is 1.86. The number of carbonyl (C=O) groups is 1. The number of pyridine rings is 1. The van der Waals surface area contributed by atoms with E-state index in [1.165, 1.54) is 12.1 Å². The Morgan fingerprint density at radius 2 is 2.00 bits per heavy atom. The van der Waals surface area contributed by atoms with E-state index in [0.717, 1.165) is 17.4 Å². The maximum absolute atomic E-state index is 14.0. The van der Waals surface area contributed by atoms with E-state index in [1.54, 1.807) is 18.5 Å². The summed E-state index contributed by atoms with van der Waals surface area (Å²) >= 11 is 0. The largest absolute Gasteiger partial charge is 0.368 e. The normalized spacial score (nSPS) is 12.1. The van der Waals surface area contributed by atoms with Crippen LogP contribution in [-0.2, 0) is 11.2 Å². The zero-order valence-corrected chi connectivity index (χ0v) is 16.4. The lowest BCUT2D eigenvalue weighted by molar-refractivity contribution is -0.118. The van der Waals surface area contributed by atoms with Gasteiger partial charge in [0.1, 0.15) is 11.9 Å². The zero-order valence-electron chi connectivity index (χ0n) is 16.4. The number of nitrogens with two attached hydrogens (primary N) is 2. The lowest BCUT2D eigenvalue weighted by atomic mass is 10.0. The van der Waals surface area contributed by atoms with E-state index in [2.05, 4.69) is 25.3 Å². The van der Waals surface area contributed by atoms with E-state index in [4.69, 9.17) is 11.5 Å². The number of nitrogen functional groups attached to an aromatic ring is 1. The lowest BCUT2D eigenvalue weighted by Crippen LogP contribution is -2.38. The van der Waals surface area contributed by atoms with E-state index in [1.807, 2.05) is 17.4 Å². The molecule has 0 aliphatic rings. The van der Waals surface area contributed by atoms with Crippen LogP contribution < -0.4 is 16.8 Å². The number of nitrogens with zero attached hydrogens (tertiary/aromatic N) is 5. The summed E-state index contributed by atoms with van der Waals surface area (Å²) in [6, 6.07) is 6.24. The fourth-order valence-corrected chi connectivity index (χ4v) is 3.14. The molecule has 158 valence electrons. The molecular formula is C20H18F2N8O.